The lowest BCUT2D eigenvalue weighted by Gasteiger charge is -2.41. The Labute approximate surface area is 123 Å². The van der Waals surface area contributed by atoms with E-state index in [1.807, 2.05) is 6.92 Å². The van der Waals surface area contributed by atoms with E-state index < -0.39 is 0 Å². The number of hydrogen-bond donors (Lipinski definition) is 3. The summed E-state index contributed by atoms with van der Waals surface area (Å²) in [4.78, 5) is 14.2. The number of urea groups is 1. The van der Waals surface area contributed by atoms with Gasteiger partial charge in [0.2, 0.25) is 0 Å². The second kappa shape index (κ2) is 8.47. The molecule has 0 aromatic rings. The molecule has 0 aromatic carbocycles. The van der Waals surface area contributed by atoms with Crippen LogP contribution in [0.5, 0.6) is 0 Å². The Morgan fingerprint density at radius 2 is 1.90 bits per heavy atom. The highest BCUT2D eigenvalue weighted by molar-refractivity contribution is 5.73. The van der Waals surface area contributed by atoms with Gasteiger partial charge < -0.3 is 15.7 Å². The third-order valence-electron chi connectivity index (χ3n) is 4.13. The average Bonchev–Trinajstić information content (AvgIpc) is 2.44. The van der Waals surface area contributed by atoms with E-state index in [4.69, 9.17) is 5.11 Å². The molecule has 1 fully saturated rings. The Morgan fingerprint density at radius 3 is 2.50 bits per heavy atom. The second-order valence-electron chi connectivity index (χ2n) is 6.54. The monoisotopic (exact) mass is 285 g/mol. The molecule has 1 aliphatic rings. The van der Waals surface area contributed by atoms with Gasteiger partial charge in [0.25, 0.3) is 0 Å². The molecule has 0 bridgehead atoms. The highest BCUT2D eigenvalue weighted by atomic mass is 16.3. The van der Waals surface area contributed by atoms with Crippen molar-refractivity contribution in [2.24, 2.45) is 5.92 Å². The third-order valence-corrected chi connectivity index (χ3v) is 4.13. The molecule has 3 N–H and O–H groups in total. The molecule has 5 nitrogen and oxygen atoms in total. The first kappa shape index (κ1) is 17.2. The lowest BCUT2D eigenvalue weighted by molar-refractivity contribution is 0.0959. The number of likely N-dealkylation sites (tertiary alicyclic amines) is 1. The van der Waals surface area contributed by atoms with Crippen molar-refractivity contribution in [2.45, 2.75) is 52.0 Å². The summed E-state index contributed by atoms with van der Waals surface area (Å²) in [5, 5.41) is 14.6. The fourth-order valence-corrected chi connectivity index (χ4v) is 2.56. The van der Waals surface area contributed by atoms with Crippen LogP contribution in [0.3, 0.4) is 0 Å². The maximum atomic E-state index is 11.8. The Bertz CT molecular complexity index is 289. The number of rotatable bonds is 7. The number of nitrogens with zero attached hydrogens (tertiary/aromatic N) is 1. The summed E-state index contributed by atoms with van der Waals surface area (Å²) in [7, 11) is 0. The molecule has 118 valence electrons. The lowest BCUT2D eigenvalue weighted by atomic mass is 9.98. The van der Waals surface area contributed by atoms with Crippen molar-refractivity contribution in [3.05, 3.63) is 0 Å². The van der Waals surface area contributed by atoms with Crippen LogP contribution in [-0.4, -0.2) is 54.4 Å². The minimum absolute atomic E-state index is 0.00841. The Hall–Kier alpha value is -0.810. The quantitative estimate of drug-likeness (QED) is 0.665. The number of amides is 2. The molecule has 1 heterocycles. The highest BCUT2D eigenvalue weighted by Crippen LogP contribution is 2.19. The van der Waals surface area contributed by atoms with Crippen LogP contribution in [0.4, 0.5) is 4.79 Å². The summed E-state index contributed by atoms with van der Waals surface area (Å²) < 4.78 is 0. The number of hydrogen-bond acceptors (Lipinski definition) is 3. The fraction of sp³-hybridized carbons (Fsp3) is 0.933. The zero-order valence-corrected chi connectivity index (χ0v) is 13.2. The number of piperidine rings is 1. The molecule has 1 unspecified atom stereocenters. The Balaban J connectivity index is 2.24. The molecular weight excluding hydrogens is 254 g/mol. The molecule has 1 aliphatic heterocycles. The normalized spacial score (nSPS) is 18.6. The first-order chi connectivity index (χ1) is 9.45. The molecule has 0 aromatic heterocycles. The van der Waals surface area contributed by atoms with Crippen molar-refractivity contribution in [3.63, 3.8) is 0 Å². The molecule has 0 aliphatic carbocycles. The van der Waals surface area contributed by atoms with Gasteiger partial charge in [-0.1, -0.05) is 13.3 Å². The van der Waals surface area contributed by atoms with Gasteiger partial charge in [0, 0.05) is 25.2 Å². The van der Waals surface area contributed by atoms with Gasteiger partial charge in [-0.2, -0.15) is 0 Å². The first-order valence-corrected chi connectivity index (χ1v) is 7.83. The van der Waals surface area contributed by atoms with Crippen LogP contribution in [0.25, 0.3) is 0 Å². The van der Waals surface area contributed by atoms with E-state index in [9.17, 15) is 4.79 Å². The van der Waals surface area contributed by atoms with Crippen LogP contribution >= 0.6 is 0 Å². The lowest BCUT2D eigenvalue weighted by Crippen LogP contribution is -2.54. The van der Waals surface area contributed by atoms with E-state index in [0.29, 0.717) is 19.0 Å². The van der Waals surface area contributed by atoms with Gasteiger partial charge in [0.15, 0.2) is 0 Å². The second-order valence-corrected chi connectivity index (χ2v) is 6.54. The topological polar surface area (TPSA) is 64.6 Å². The molecule has 5 heteroatoms. The van der Waals surface area contributed by atoms with Crippen molar-refractivity contribution >= 4 is 6.03 Å². The van der Waals surface area contributed by atoms with E-state index in [0.717, 1.165) is 19.5 Å². The average molecular weight is 285 g/mol. The van der Waals surface area contributed by atoms with Gasteiger partial charge in [0.05, 0.1) is 0 Å². The number of carbonyl (C=O) groups excluding carboxylic acids is 1. The summed E-state index contributed by atoms with van der Waals surface area (Å²) in [6.07, 6.45) is 4.56. The molecule has 0 spiro atoms. The van der Waals surface area contributed by atoms with Crippen LogP contribution in [0.1, 0.15) is 46.5 Å². The summed E-state index contributed by atoms with van der Waals surface area (Å²) in [6.45, 7) is 10.1. The van der Waals surface area contributed by atoms with Crippen molar-refractivity contribution in [2.75, 3.05) is 32.8 Å². The zero-order valence-electron chi connectivity index (χ0n) is 13.2. The van der Waals surface area contributed by atoms with E-state index >= 15 is 0 Å². The maximum absolute atomic E-state index is 11.8. The van der Waals surface area contributed by atoms with Gasteiger partial charge >= 0.3 is 6.03 Å². The van der Waals surface area contributed by atoms with Crippen LogP contribution < -0.4 is 10.6 Å². The molecule has 1 atom stereocenters. The first-order valence-electron chi connectivity index (χ1n) is 7.83. The van der Waals surface area contributed by atoms with Crippen molar-refractivity contribution in [3.8, 4) is 0 Å². The van der Waals surface area contributed by atoms with Gasteiger partial charge in [-0.15, -0.1) is 0 Å². The molecule has 0 radical (unpaired) electrons. The van der Waals surface area contributed by atoms with Crippen LogP contribution in [-0.2, 0) is 0 Å². The third kappa shape index (κ3) is 6.09. The van der Waals surface area contributed by atoms with E-state index in [-0.39, 0.29) is 18.2 Å². The molecular formula is C15H31N3O2. The summed E-state index contributed by atoms with van der Waals surface area (Å²) in [5.41, 5.74) is 0.00841. The van der Waals surface area contributed by atoms with E-state index in [1.165, 1.54) is 19.3 Å². The standard InChI is InChI=1S/C15H31N3O2/c1-13(7-10-19)11-16-14(20)17-12-15(2,3)18-8-5-4-6-9-18/h13,19H,4-12H2,1-3H3,(H2,16,17,20). The van der Waals surface area contributed by atoms with Gasteiger partial charge in [-0.05, 0) is 52.1 Å². The Kier molecular flexibility index (Phi) is 7.30. The summed E-state index contributed by atoms with van der Waals surface area (Å²) >= 11 is 0. The predicted molar refractivity (Wildman–Crippen MR) is 81.8 cm³/mol. The van der Waals surface area contributed by atoms with E-state index in [1.54, 1.807) is 0 Å². The molecule has 1 rings (SSSR count). The fourth-order valence-electron chi connectivity index (χ4n) is 2.56. The molecule has 2 amide bonds. The van der Waals surface area contributed by atoms with Crippen LogP contribution in [0.15, 0.2) is 0 Å². The number of carbonyl (C=O) groups is 1. The number of nitrogens with one attached hydrogen (secondary N) is 2. The van der Waals surface area contributed by atoms with Crippen molar-refractivity contribution < 1.29 is 9.90 Å². The van der Waals surface area contributed by atoms with Crippen molar-refractivity contribution in [1.82, 2.24) is 15.5 Å². The Morgan fingerprint density at radius 1 is 1.25 bits per heavy atom. The van der Waals surface area contributed by atoms with Crippen LogP contribution in [0.2, 0.25) is 0 Å². The molecule has 1 saturated heterocycles. The van der Waals surface area contributed by atoms with Gasteiger partial charge in [-0.3, -0.25) is 4.90 Å². The summed E-state index contributed by atoms with van der Waals surface area (Å²) in [5.74, 6) is 0.306. The molecule has 0 saturated carbocycles. The smallest absolute Gasteiger partial charge is 0.314 e. The zero-order chi connectivity index (χ0) is 15.0. The summed E-state index contributed by atoms with van der Waals surface area (Å²) in [6, 6.07) is -0.111. The van der Waals surface area contributed by atoms with Crippen LogP contribution in [0, 0.1) is 5.92 Å². The van der Waals surface area contributed by atoms with Gasteiger partial charge in [-0.25, -0.2) is 4.79 Å². The predicted octanol–water partition coefficient (Wildman–Crippen LogP) is 1.57. The number of aliphatic hydroxyl groups is 1. The minimum Gasteiger partial charge on any atom is -0.396 e. The van der Waals surface area contributed by atoms with Crippen molar-refractivity contribution in [1.29, 1.82) is 0 Å². The number of aliphatic hydroxyl groups excluding tert-OH is 1. The molecule has 20 heavy (non-hydrogen) atoms. The maximum Gasteiger partial charge on any atom is 0.314 e. The minimum atomic E-state index is -0.111. The van der Waals surface area contributed by atoms with Gasteiger partial charge in [0.1, 0.15) is 0 Å². The highest BCUT2D eigenvalue weighted by Gasteiger charge is 2.28. The SMILES string of the molecule is CC(CCO)CNC(=O)NCC(C)(C)N1CCCCC1. The van der Waals surface area contributed by atoms with E-state index in [2.05, 4.69) is 29.4 Å². The largest absolute Gasteiger partial charge is 0.396 e.